The largest absolute Gasteiger partial charge is 0.460 e. The minimum absolute atomic E-state index is 0.0114. The Bertz CT molecular complexity index is 507. The number of carbonyl (C=O) groups is 1. The lowest BCUT2D eigenvalue weighted by Crippen LogP contribution is -2.26. The average Bonchev–Trinajstić information content (AvgIpc) is 2.83. The maximum absolute atomic E-state index is 11.8. The van der Waals surface area contributed by atoms with E-state index >= 15 is 0 Å². The molecule has 22 heavy (non-hydrogen) atoms. The molecule has 1 aromatic carbocycles. The SMILES string of the molecule is Cc1ccccc1SC[C@@H]1CC[C@H](CC(=O)OC(C)(C)C)O1. The Hall–Kier alpha value is -1.00. The zero-order valence-corrected chi connectivity index (χ0v) is 14.7. The van der Waals surface area contributed by atoms with Crippen LogP contribution in [0.3, 0.4) is 0 Å². The molecule has 1 heterocycles. The van der Waals surface area contributed by atoms with E-state index in [0.717, 1.165) is 18.6 Å². The lowest BCUT2D eigenvalue weighted by molar-refractivity contribution is -0.157. The quantitative estimate of drug-likeness (QED) is 0.596. The Balaban J connectivity index is 1.74. The number of carbonyl (C=O) groups excluding carboxylic acids is 1. The predicted octanol–water partition coefficient (Wildman–Crippen LogP) is 4.37. The first-order valence-corrected chi connectivity index (χ1v) is 8.88. The predicted molar refractivity (Wildman–Crippen MR) is 90.3 cm³/mol. The minimum Gasteiger partial charge on any atom is -0.460 e. The number of aryl methyl sites for hydroxylation is 1. The van der Waals surface area contributed by atoms with Crippen molar-refractivity contribution in [2.24, 2.45) is 0 Å². The van der Waals surface area contributed by atoms with E-state index in [-0.39, 0.29) is 18.2 Å². The summed E-state index contributed by atoms with van der Waals surface area (Å²) in [6.45, 7) is 7.80. The molecule has 1 aliphatic heterocycles. The topological polar surface area (TPSA) is 35.5 Å². The van der Waals surface area contributed by atoms with Crippen molar-refractivity contribution < 1.29 is 14.3 Å². The van der Waals surface area contributed by atoms with Gasteiger partial charge in [0.1, 0.15) is 5.60 Å². The molecule has 0 aliphatic carbocycles. The van der Waals surface area contributed by atoms with Crippen molar-refractivity contribution in [3.05, 3.63) is 29.8 Å². The molecule has 3 nitrogen and oxygen atoms in total. The van der Waals surface area contributed by atoms with Gasteiger partial charge in [-0.3, -0.25) is 4.79 Å². The van der Waals surface area contributed by atoms with Gasteiger partial charge in [-0.25, -0.2) is 0 Å². The molecule has 0 amide bonds. The Morgan fingerprint density at radius 1 is 1.27 bits per heavy atom. The highest BCUT2D eigenvalue weighted by molar-refractivity contribution is 7.99. The molecule has 2 rings (SSSR count). The molecule has 122 valence electrons. The van der Waals surface area contributed by atoms with Gasteiger partial charge in [0.15, 0.2) is 0 Å². The zero-order chi connectivity index (χ0) is 16.2. The van der Waals surface area contributed by atoms with Crippen LogP contribution in [-0.2, 0) is 14.3 Å². The van der Waals surface area contributed by atoms with Gasteiger partial charge in [-0.05, 0) is 52.2 Å². The lowest BCUT2D eigenvalue weighted by Gasteiger charge is -2.21. The van der Waals surface area contributed by atoms with Crippen molar-refractivity contribution in [3.63, 3.8) is 0 Å². The summed E-state index contributed by atoms with van der Waals surface area (Å²) >= 11 is 1.83. The molecule has 0 N–H and O–H groups in total. The Labute approximate surface area is 137 Å². The molecule has 0 radical (unpaired) electrons. The molecule has 4 heteroatoms. The second-order valence-corrected chi connectivity index (χ2v) is 7.89. The van der Waals surface area contributed by atoms with Gasteiger partial charge in [-0.15, -0.1) is 11.8 Å². The van der Waals surface area contributed by atoms with Crippen LogP contribution in [0.1, 0.15) is 45.6 Å². The summed E-state index contributed by atoms with van der Waals surface area (Å²) < 4.78 is 11.3. The van der Waals surface area contributed by atoms with E-state index < -0.39 is 5.60 Å². The first kappa shape index (κ1) is 17.4. The highest BCUT2D eigenvalue weighted by Gasteiger charge is 2.29. The molecule has 0 unspecified atom stereocenters. The molecule has 0 saturated carbocycles. The molecule has 1 aliphatic rings. The standard InChI is InChI=1S/C18H26O3S/c1-13-7-5-6-8-16(13)22-12-15-10-9-14(20-15)11-17(19)21-18(2,3)4/h5-8,14-15H,9-12H2,1-4H3/t14-,15+/m1/s1. The second-order valence-electron chi connectivity index (χ2n) is 6.82. The molecule has 0 spiro atoms. The number of benzene rings is 1. The van der Waals surface area contributed by atoms with Crippen molar-refractivity contribution in [1.29, 1.82) is 0 Å². The summed E-state index contributed by atoms with van der Waals surface area (Å²) in [7, 11) is 0. The average molecular weight is 322 g/mol. The summed E-state index contributed by atoms with van der Waals surface area (Å²) in [6.07, 6.45) is 2.57. The maximum atomic E-state index is 11.8. The van der Waals surface area contributed by atoms with Crippen molar-refractivity contribution >= 4 is 17.7 Å². The van der Waals surface area contributed by atoms with Gasteiger partial charge >= 0.3 is 5.97 Å². The van der Waals surface area contributed by atoms with Gasteiger partial charge in [0, 0.05) is 10.6 Å². The Kier molecular flexibility index (Phi) is 5.93. The maximum Gasteiger partial charge on any atom is 0.308 e. The molecule has 2 atom stereocenters. The van der Waals surface area contributed by atoms with Crippen LogP contribution in [0, 0.1) is 6.92 Å². The third-order valence-corrected chi connectivity index (χ3v) is 4.84. The van der Waals surface area contributed by atoms with Crippen molar-refractivity contribution in [2.75, 3.05) is 5.75 Å². The first-order valence-electron chi connectivity index (χ1n) is 7.89. The van der Waals surface area contributed by atoms with Gasteiger partial charge in [-0.1, -0.05) is 18.2 Å². The van der Waals surface area contributed by atoms with Crippen LogP contribution in [0.5, 0.6) is 0 Å². The van der Waals surface area contributed by atoms with E-state index in [0.29, 0.717) is 6.42 Å². The normalized spacial score (nSPS) is 21.8. The Morgan fingerprint density at radius 3 is 2.64 bits per heavy atom. The van der Waals surface area contributed by atoms with Crippen molar-refractivity contribution in [3.8, 4) is 0 Å². The molecule has 1 saturated heterocycles. The van der Waals surface area contributed by atoms with Crippen LogP contribution >= 0.6 is 11.8 Å². The zero-order valence-electron chi connectivity index (χ0n) is 13.9. The first-order chi connectivity index (χ1) is 10.3. The van der Waals surface area contributed by atoms with Crippen LogP contribution in [0.25, 0.3) is 0 Å². The van der Waals surface area contributed by atoms with Gasteiger partial charge in [-0.2, -0.15) is 0 Å². The summed E-state index contributed by atoms with van der Waals surface area (Å²) in [4.78, 5) is 13.1. The number of hydrogen-bond acceptors (Lipinski definition) is 4. The molecule has 1 aromatic rings. The minimum atomic E-state index is -0.421. The van der Waals surface area contributed by atoms with Gasteiger partial charge in [0.05, 0.1) is 18.6 Å². The third-order valence-electron chi connectivity index (χ3n) is 3.53. The number of rotatable bonds is 5. The molecule has 0 bridgehead atoms. The van der Waals surface area contributed by atoms with Gasteiger partial charge in [0.25, 0.3) is 0 Å². The molecular weight excluding hydrogens is 296 g/mol. The van der Waals surface area contributed by atoms with E-state index in [1.165, 1.54) is 10.5 Å². The molecule has 1 fully saturated rings. The van der Waals surface area contributed by atoms with Crippen LogP contribution in [0.2, 0.25) is 0 Å². The number of esters is 1. The molecular formula is C18H26O3S. The number of hydrogen-bond donors (Lipinski definition) is 0. The number of thioether (sulfide) groups is 1. The fourth-order valence-corrected chi connectivity index (χ4v) is 3.60. The van der Waals surface area contributed by atoms with E-state index in [2.05, 4.69) is 31.2 Å². The summed E-state index contributed by atoms with van der Waals surface area (Å²) in [5.74, 6) is 0.778. The van der Waals surface area contributed by atoms with Crippen LogP contribution in [0.4, 0.5) is 0 Å². The van der Waals surface area contributed by atoms with Gasteiger partial charge in [0.2, 0.25) is 0 Å². The van der Waals surface area contributed by atoms with Gasteiger partial charge < -0.3 is 9.47 Å². The Morgan fingerprint density at radius 2 is 1.95 bits per heavy atom. The fraction of sp³-hybridized carbons (Fsp3) is 0.611. The third kappa shape index (κ3) is 5.65. The van der Waals surface area contributed by atoms with Crippen molar-refractivity contribution in [1.82, 2.24) is 0 Å². The fourth-order valence-electron chi connectivity index (χ4n) is 2.52. The highest BCUT2D eigenvalue weighted by atomic mass is 32.2. The number of ether oxygens (including phenoxy) is 2. The summed E-state index contributed by atoms with van der Waals surface area (Å²) in [5, 5.41) is 0. The van der Waals surface area contributed by atoms with E-state index in [4.69, 9.17) is 9.47 Å². The smallest absolute Gasteiger partial charge is 0.308 e. The molecule has 0 aromatic heterocycles. The van der Waals surface area contributed by atoms with Crippen LogP contribution in [-0.4, -0.2) is 29.5 Å². The van der Waals surface area contributed by atoms with Crippen LogP contribution < -0.4 is 0 Å². The van der Waals surface area contributed by atoms with E-state index in [9.17, 15) is 4.79 Å². The van der Waals surface area contributed by atoms with E-state index in [1.54, 1.807) is 0 Å². The second kappa shape index (κ2) is 7.51. The van der Waals surface area contributed by atoms with Crippen molar-refractivity contribution in [2.45, 2.75) is 69.7 Å². The summed E-state index contributed by atoms with van der Waals surface area (Å²) in [6, 6.07) is 8.40. The summed E-state index contributed by atoms with van der Waals surface area (Å²) in [5.41, 5.74) is 0.881. The van der Waals surface area contributed by atoms with Crippen LogP contribution in [0.15, 0.2) is 29.2 Å². The lowest BCUT2D eigenvalue weighted by atomic mass is 10.1. The van der Waals surface area contributed by atoms with E-state index in [1.807, 2.05) is 32.5 Å². The highest BCUT2D eigenvalue weighted by Crippen LogP contribution is 2.29. The monoisotopic (exact) mass is 322 g/mol.